The number of hydrogen-bond acceptors (Lipinski definition) is 5. The van der Waals surface area contributed by atoms with E-state index >= 15 is 0 Å². The summed E-state index contributed by atoms with van der Waals surface area (Å²) in [6.07, 6.45) is 1.02. The standard InChI is InChI=1S/C13H22N2O2S/c1-5-7-15(9-13(16)17-6-2)8-12-14-10(3)11(4)18-12/h5-9H2,1-4H3. The first-order valence-electron chi connectivity index (χ1n) is 6.37. The summed E-state index contributed by atoms with van der Waals surface area (Å²) in [7, 11) is 0. The zero-order valence-electron chi connectivity index (χ0n) is 11.7. The Labute approximate surface area is 113 Å². The van der Waals surface area contributed by atoms with Crippen LogP contribution in [0.25, 0.3) is 0 Å². The molecule has 1 rings (SSSR count). The van der Waals surface area contributed by atoms with Gasteiger partial charge in [0.1, 0.15) is 5.01 Å². The first-order chi connectivity index (χ1) is 8.56. The van der Waals surface area contributed by atoms with Crippen molar-refractivity contribution in [3.05, 3.63) is 15.6 Å². The second-order valence-electron chi connectivity index (χ2n) is 4.26. The van der Waals surface area contributed by atoms with Crippen LogP contribution in [0.15, 0.2) is 0 Å². The van der Waals surface area contributed by atoms with Crippen LogP contribution in [0.3, 0.4) is 0 Å². The molecule has 0 radical (unpaired) electrons. The lowest BCUT2D eigenvalue weighted by atomic mass is 10.4. The monoisotopic (exact) mass is 270 g/mol. The second-order valence-corrected chi connectivity index (χ2v) is 5.55. The van der Waals surface area contributed by atoms with Crippen molar-refractivity contribution < 1.29 is 9.53 Å². The first kappa shape index (κ1) is 15.1. The average Bonchev–Trinajstić information content (AvgIpc) is 2.58. The lowest BCUT2D eigenvalue weighted by Gasteiger charge is -2.19. The highest BCUT2D eigenvalue weighted by Crippen LogP contribution is 2.18. The highest BCUT2D eigenvalue weighted by atomic mass is 32.1. The molecule has 1 heterocycles. The Morgan fingerprint density at radius 3 is 2.61 bits per heavy atom. The van der Waals surface area contributed by atoms with Gasteiger partial charge in [-0.3, -0.25) is 9.69 Å². The van der Waals surface area contributed by atoms with E-state index in [0.29, 0.717) is 13.2 Å². The van der Waals surface area contributed by atoms with Gasteiger partial charge < -0.3 is 4.74 Å². The largest absolute Gasteiger partial charge is 0.465 e. The minimum atomic E-state index is -0.157. The summed E-state index contributed by atoms with van der Waals surface area (Å²) in [5, 5.41) is 1.07. The van der Waals surface area contributed by atoms with Crippen LogP contribution in [-0.2, 0) is 16.1 Å². The third kappa shape index (κ3) is 4.74. The first-order valence-corrected chi connectivity index (χ1v) is 7.19. The van der Waals surface area contributed by atoms with E-state index in [1.54, 1.807) is 11.3 Å². The number of rotatable bonds is 7. The second kappa shape index (κ2) is 7.48. The van der Waals surface area contributed by atoms with Gasteiger partial charge in [-0.15, -0.1) is 11.3 Å². The van der Waals surface area contributed by atoms with Crippen LogP contribution in [0.4, 0.5) is 0 Å². The van der Waals surface area contributed by atoms with E-state index in [1.807, 2.05) is 13.8 Å². The molecule has 4 nitrogen and oxygen atoms in total. The molecule has 0 fully saturated rings. The summed E-state index contributed by atoms with van der Waals surface area (Å²) in [6, 6.07) is 0. The fourth-order valence-corrected chi connectivity index (χ4v) is 2.69. The van der Waals surface area contributed by atoms with Crippen LogP contribution < -0.4 is 0 Å². The Balaban J connectivity index is 2.59. The summed E-state index contributed by atoms with van der Waals surface area (Å²) in [6.45, 7) is 10.4. The normalized spacial score (nSPS) is 10.9. The van der Waals surface area contributed by atoms with Gasteiger partial charge in [0.25, 0.3) is 0 Å². The Hall–Kier alpha value is -0.940. The van der Waals surface area contributed by atoms with Crippen molar-refractivity contribution >= 4 is 17.3 Å². The molecule has 0 unspecified atom stereocenters. The van der Waals surface area contributed by atoms with Gasteiger partial charge in [-0.05, 0) is 33.7 Å². The van der Waals surface area contributed by atoms with E-state index in [9.17, 15) is 4.79 Å². The predicted octanol–water partition coefficient (Wildman–Crippen LogP) is 2.54. The van der Waals surface area contributed by atoms with Gasteiger partial charge in [0.2, 0.25) is 0 Å². The van der Waals surface area contributed by atoms with Crippen molar-refractivity contribution in [3.8, 4) is 0 Å². The molecule has 102 valence electrons. The summed E-state index contributed by atoms with van der Waals surface area (Å²) >= 11 is 1.70. The highest BCUT2D eigenvalue weighted by molar-refractivity contribution is 7.11. The van der Waals surface area contributed by atoms with E-state index in [0.717, 1.165) is 30.2 Å². The fraction of sp³-hybridized carbons (Fsp3) is 0.692. The molecular weight excluding hydrogens is 248 g/mol. The molecule has 0 amide bonds. The van der Waals surface area contributed by atoms with Crippen molar-refractivity contribution in [3.63, 3.8) is 0 Å². The van der Waals surface area contributed by atoms with E-state index in [-0.39, 0.29) is 5.97 Å². The number of thiazole rings is 1. The molecule has 0 bridgehead atoms. The molecule has 0 spiro atoms. The van der Waals surface area contributed by atoms with Crippen LogP contribution in [0.2, 0.25) is 0 Å². The highest BCUT2D eigenvalue weighted by Gasteiger charge is 2.13. The van der Waals surface area contributed by atoms with E-state index < -0.39 is 0 Å². The van der Waals surface area contributed by atoms with Gasteiger partial charge in [-0.25, -0.2) is 4.98 Å². The summed E-state index contributed by atoms with van der Waals surface area (Å²) in [5.74, 6) is -0.157. The number of aryl methyl sites for hydroxylation is 2. The molecular formula is C13H22N2O2S. The fourth-order valence-electron chi connectivity index (χ4n) is 1.72. The summed E-state index contributed by atoms with van der Waals surface area (Å²) in [5.41, 5.74) is 1.09. The number of carbonyl (C=O) groups excluding carboxylic acids is 1. The smallest absolute Gasteiger partial charge is 0.320 e. The number of aromatic nitrogens is 1. The van der Waals surface area contributed by atoms with Crippen LogP contribution in [-0.4, -0.2) is 35.5 Å². The maximum atomic E-state index is 11.5. The number of carbonyl (C=O) groups is 1. The third-order valence-electron chi connectivity index (χ3n) is 2.63. The van der Waals surface area contributed by atoms with Gasteiger partial charge >= 0.3 is 5.97 Å². The van der Waals surface area contributed by atoms with Crippen molar-refractivity contribution in [2.24, 2.45) is 0 Å². The van der Waals surface area contributed by atoms with Crippen molar-refractivity contribution in [1.29, 1.82) is 0 Å². The molecule has 1 aromatic rings. The molecule has 0 atom stereocenters. The zero-order valence-corrected chi connectivity index (χ0v) is 12.5. The number of nitrogens with zero attached hydrogens (tertiary/aromatic N) is 2. The summed E-state index contributed by atoms with van der Waals surface area (Å²) in [4.78, 5) is 19.4. The molecule has 0 aromatic carbocycles. The van der Waals surface area contributed by atoms with Gasteiger partial charge in [0, 0.05) is 4.88 Å². The predicted molar refractivity (Wildman–Crippen MR) is 73.8 cm³/mol. The van der Waals surface area contributed by atoms with Crippen LogP contribution in [0.5, 0.6) is 0 Å². The molecule has 0 saturated heterocycles. The molecule has 0 N–H and O–H groups in total. The summed E-state index contributed by atoms with van der Waals surface area (Å²) < 4.78 is 4.99. The minimum absolute atomic E-state index is 0.157. The average molecular weight is 270 g/mol. The van der Waals surface area contributed by atoms with Gasteiger partial charge in [0.15, 0.2) is 0 Å². The van der Waals surface area contributed by atoms with Crippen molar-refractivity contribution in [1.82, 2.24) is 9.88 Å². The number of ether oxygens (including phenoxy) is 1. The topological polar surface area (TPSA) is 42.4 Å². The SMILES string of the molecule is CCCN(CC(=O)OCC)Cc1nc(C)c(C)s1. The van der Waals surface area contributed by atoms with Gasteiger partial charge in [0.05, 0.1) is 25.4 Å². The molecule has 0 aliphatic carbocycles. The molecule has 0 saturated carbocycles. The maximum Gasteiger partial charge on any atom is 0.320 e. The van der Waals surface area contributed by atoms with Gasteiger partial charge in [-0.2, -0.15) is 0 Å². The van der Waals surface area contributed by atoms with Gasteiger partial charge in [-0.1, -0.05) is 6.92 Å². The van der Waals surface area contributed by atoms with Crippen LogP contribution in [0, 0.1) is 13.8 Å². The number of esters is 1. The molecule has 1 aromatic heterocycles. The van der Waals surface area contributed by atoms with Crippen LogP contribution in [0.1, 0.15) is 35.8 Å². The Morgan fingerprint density at radius 1 is 1.39 bits per heavy atom. The Kier molecular flexibility index (Phi) is 6.29. The van der Waals surface area contributed by atoms with Crippen molar-refractivity contribution in [2.75, 3.05) is 19.7 Å². The lowest BCUT2D eigenvalue weighted by molar-refractivity contribution is -0.144. The Morgan fingerprint density at radius 2 is 2.11 bits per heavy atom. The van der Waals surface area contributed by atoms with E-state index in [4.69, 9.17) is 4.74 Å². The molecule has 0 aliphatic rings. The minimum Gasteiger partial charge on any atom is -0.465 e. The van der Waals surface area contributed by atoms with E-state index in [1.165, 1.54) is 4.88 Å². The third-order valence-corrected chi connectivity index (χ3v) is 3.69. The maximum absolute atomic E-state index is 11.5. The molecule has 18 heavy (non-hydrogen) atoms. The van der Waals surface area contributed by atoms with E-state index in [2.05, 4.69) is 23.7 Å². The molecule has 0 aliphatic heterocycles. The lowest BCUT2D eigenvalue weighted by Crippen LogP contribution is -2.31. The zero-order chi connectivity index (χ0) is 13.5. The van der Waals surface area contributed by atoms with Crippen molar-refractivity contribution in [2.45, 2.75) is 40.7 Å². The Bertz CT molecular complexity index is 371. The van der Waals surface area contributed by atoms with Crippen LogP contribution >= 0.6 is 11.3 Å². The molecule has 5 heteroatoms. The number of hydrogen-bond donors (Lipinski definition) is 0. The quantitative estimate of drug-likeness (QED) is 0.714.